The molecule has 95 valence electrons. The molecule has 0 fully saturated rings. The molecule has 6 heteroatoms. The quantitative estimate of drug-likeness (QED) is 0.680. The molecule has 2 nitrogen and oxygen atoms in total. The molecule has 0 heterocycles. The molecule has 0 spiro atoms. The molecule has 0 atom stereocenters. The molecule has 0 aliphatic carbocycles. The van der Waals surface area contributed by atoms with Gasteiger partial charge in [0.05, 0.1) is 0 Å². The van der Waals surface area contributed by atoms with E-state index in [0.717, 1.165) is 22.7 Å². The van der Waals surface area contributed by atoms with E-state index in [2.05, 4.69) is 5.32 Å². The number of benzene rings is 2. The Morgan fingerprint density at radius 1 is 1.11 bits per heavy atom. The molecule has 1 amide bonds. The number of hydrogen-bond acceptors (Lipinski definition) is 2. The second-order valence-electron chi connectivity index (χ2n) is 3.61. The van der Waals surface area contributed by atoms with E-state index in [9.17, 15) is 13.6 Å². The Morgan fingerprint density at radius 2 is 1.79 bits per heavy atom. The van der Waals surface area contributed by atoms with E-state index in [0.29, 0.717) is 0 Å². The van der Waals surface area contributed by atoms with Gasteiger partial charge < -0.3 is 0 Å². The average Bonchev–Trinajstić information content (AvgIpc) is 2.41. The van der Waals surface area contributed by atoms with Crippen molar-refractivity contribution in [2.24, 2.45) is 0 Å². The number of carbonyl (C=O) groups is 1. The van der Waals surface area contributed by atoms with Gasteiger partial charge in [0.2, 0.25) is 0 Å². The van der Waals surface area contributed by atoms with E-state index in [4.69, 9.17) is 0 Å². The van der Waals surface area contributed by atoms with Crippen LogP contribution in [0.2, 0.25) is 0 Å². The number of nitrogens with one attached hydrogen (secondary N) is 1. The minimum atomic E-state index is -0.748. The van der Waals surface area contributed by atoms with Crippen LogP contribution < -0.4 is 9.18 Å². The standard InChI is InChI=1S/C13H8F2NOS.Ti/c14-9-6-7-12(11(15)8-9)16-13(17)18-10-4-2-1-3-5-10;/h1-7H,(H,16,17);. The number of carbonyl (C=O) groups excluding carboxylic acids is 1. The summed E-state index contributed by atoms with van der Waals surface area (Å²) in [5.41, 5.74) is -0.0210. The first-order valence-electron chi connectivity index (χ1n) is 5.31. The maximum absolute atomic E-state index is 13.7. The Labute approximate surface area is 125 Å². The van der Waals surface area contributed by atoms with Gasteiger partial charge in [-0.1, -0.05) is 0 Å². The molecule has 1 N–H and O–H groups in total. The fraction of sp³-hybridized carbons (Fsp3) is 0. The van der Waals surface area contributed by atoms with Gasteiger partial charge in [0.25, 0.3) is 0 Å². The van der Waals surface area contributed by atoms with Gasteiger partial charge in [-0.2, -0.15) is 0 Å². The van der Waals surface area contributed by atoms with Crippen LogP contribution in [0.1, 0.15) is 0 Å². The van der Waals surface area contributed by atoms with Crippen LogP contribution in [-0.2, 0) is 20.4 Å². The van der Waals surface area contributed by atoms with Crippen LogP contribution in [0.4, 0.5) is 19.3 Å². The van der Waals surface area contributed by atoms with Gasteiger partial charge in [-0.15, -0.1) is 0 Å². The number of thioether (sulfide) groups is 1. The van der Waals surface area contributed by atoms with E-state index in [1.807, 2.05) is 6.07 Å². The number of rotatable bonds is 2. The summed E-state index contributed by atoms with van der Waals surface area (Å²) in [7, 11) is 0. The molecule has 0 unspecified atom stereocenters. The predicted molar refractivity (Wildman–Crippen MR) is 67.3 cm³/mol. The van der Waals surface area contributed by atoms with E-state index < -0.39 is 16.9 Å². The number of anilines is 1. The van der Waals surface area contributed by atoms with Crippen molar-refractivity contribution in [3.05, 3.63) is 54.1 Å². The van der Waals surface area contributed by atoms with Crippen LogP contribution in [-0.4, -0.2) is 5.24 Å². The maximum atomic E-state index is 13.7. The molecule has 0 saturated carbocycles. The summed E-state index contributed by atoms with van der Waals surface area (Å²) in [5.74, 6) is -1.38. The zero-order valence-corrected chi connectivity index (χ0v) is 12.0. The fourth-order valence-electron chi connectivity index (χ4n) is 1.38. The van der Waals surface area contributed by atoms with Crippen LogP contribution in [0.25, 0.3) is 0 Å². The molecule has 0 radical (unpaired) electrons. The average molecular weight is 312 g/mol. The first kappa shape index (κ1) is 14.2. The van der Waals surface area contributed by atoms with E-state index in [-0.39, 0.29) is 9.56 Å². The zero-order chi connectivity index (χ0) is 13.8. The predicted octanol–water partition coefficient (Wildman–Crippen LogP) is 3.46. The summed E-state index contributed by atoms with van der Waals surface area (Å²) >= 11 is 2.27. The van der Waals surface area contributed by atoms with Crippen molar-refractivity contribution < 1.29 is 34.0 Å². The minimum absolute atomic E-state index is 0.0210. The summed E-state index contributed by atoms with van der Waals surface area (Å²) in [5, 5.41) is 1.99. The molecule has 0 aliphatic rings. The third-order valence-corrected chi connectivity index (χ3v) is 3.79. The third kappa shape index (κ3) is 3.66. The Kier molecular flexibility index (Phi) is 4.74. The molecular formula is C13H8F2NOSTi. The Bertz CT molecular complexity index is 607. The molecule has 0 aromatic heterocycles. The topological polar surface area (TPSA) is 29.1 Å². The van der Waals surface area contributed by atoms with E-state index in [1.54, 1.807) is 24.3 Å². The number of halogens is 2. The van der Waals surface area contributed by atoms with Gasteiger partial charge in [0.1, 0.15) is 0 Å². The molecule has 2 rings (SSSR count). The van der Waals surface area contributed by atoms with E-state index >= 15 is 0 Å². The van der Waals surface area contributed by atoms with Crippen molar-refractivity contribution in [2.75, 3.05) is 5.32 Å². The van der Waals surface area contributed by atoms with E-state index in [1.165, 1.54) is 26.5 Å². The van der Waals surface area contributed by atoms with Gasteiger partial charge in [-0.05, 0) is 0 Å². The second-order valence-corrected chi connectivity index (χ2v) is 5.44. The molecule has 0 aliphatic heterocycles. The van der Waals surface area contributed by atoms with Gasteiger partial charge in [0, 0.05) is 0 Å². The Hall–Kier alpha value is -1.17. The van der Waals surface area contributed by atoms with Crippen molar-refractivity contribution in [3.8, 4) is 0 Å². The summed E-state index contributed by atoms with van der Waals surface area (Å²) in [6.45, 7) is 0. The molecule has 2 aromatic rings. The van der Waals surface area contributed by atoms with Crippen molar-refractivity contribution in [1.82, 2.24) is 0 Å². The zero-order valence-electron chi connectivity index (χ0n) is 9.61. The van der Waals surface area contributed by atoms with Gasteiger partial charge in [0.15, 0.2) is 0 Å². The van der Waals surface area contributed by atoms with Crippen molar-refractivity contribution >= 4 is 26.6 Å². The SMILES string of the molecule is O=C(Nc1ccc(F)[c]([Ti])c1F)Sc1ccccc1. The summed E-state index contributed by atoms with van der Waals surface area (Å²) < 4.78 is 26.7. The normalized spacial score (nSPS) is 10.2. The second kappa shape index (κ2) is 6.32. The number of amides is 1. The first-order valence-corrected chi connectivity index (χ1v) is 6.91. The van der Waals surface area contributed by atoms with Gasteiger partial charge >= 0.3 is 125 Å². The van der Waals surface area contributed by atoms with Gasteiger partial charge in [-0.25, -0.2) is 0 Å². The van der Waals surface area contributed by atoms with Crippen molar-refractivity contribution in [3.63, 3.8) is 0 Å². The van der Waals surface area contributed by atoms with Crippen LogP contribution in [0.5, 0.6) is 0 Å². The van der Waals surface area contributed by atoms with Crippen LogP contribution >= 0.6 is 11.8 Å². The summed E-state index contributed by atoms with van der Waals surface area (Å²) in [4.78, 5) is 12.5. The monoisotopic (exact) mass is 312 g/mol. The third-order valence-electron chi connectivity index (χ3n) is 2.28. The Morgan fingerprint density at radius 3 is 2.47 bits per heavy atom. The Balaban J connectivity index is 2.10. The molecule has 0 saturated heterocycles. The molecule has 0 bridgehead atoms. The van der Waals surface area contributed by atoms with Crippen molar-refractivity contribution in [1.29, 1.82) is 0 Å². The molecular weight excluding hydrogens is 304 g/mol. The molecule has 2 aromatic carbocycles. The van der Waals surface area contributed by atoms with Crippen molar-refractivity contribution in [2.45, 2.75) is 4.90 Å². The fourth-order valence-corrected chi connectivity index (χ4v) is 2.39. The van der Waals surface area contributed by atoms with Crippen LogP contribution in [0.3, 0.4) is 0 Å². The summed E-state index contributed by atoms with van der Waals surface area (Å²) in [6.07, 6.45) is 0. The number of hydrogen-bond donors (Lipinski definition) is 1. The van der Waals surface area contributed by atoms with Crippen LogP contribution in [0.15, 0.2) is 47.4 Å². The van der Waals surface area contributed by atoms with Crippen LogP contribution in [0, 0.1) is 11.6 Å². The molecule has 19 heavy (non-hydrogen) atoms. The van der Waals surface area contributed by atoms with Gasteiger partial charge in [-0.3, -0.25) is 0 Å². The summed E-state index contributed by atoms with van der Waals surface area (Å²) in [6, 6.07) is 11.3. The first-order chi connectivity index (χ1) is 9.08.